The zero-order valence-corrected chi connectivity index (χ0v) is 14.0. The van der Waals surface area contributed by atoms with E-state index in [0.29, 0.717) is 31.1 Å². The number of likely N-dealkylation sites (tertiary alicyclic amines) is 1. The Morgan fingerprint density at radius 2 is 2.20 bits per heavy atom. The largest absolute Gasteiger partial charge is 0.493 e. The first-order valence-corrected chi connectivity index (χ1v) is 8.28. The van der Waals surface area contributed by atoms with Crippen molar-refractivity contribution >= 4 is 5.97 Å². The quantitative estimate of drug-likeness (QED) is 0.919. The predicted octanol–water partition coefficient (Wildman–Crippen LogP) is 2.15. The molecular formula is C19H20N2O4. The Hall–Kier alpha value is -2.60. The van der Waals surface area contributed by atoms with Gasteiger partial charge in [-0.3, -0.25) is 14.7 Å². The summed E-state index contributed by atoms with van der Waals surface area (Å²) in [6.45, 7) is 2.00. The highest BCUT2D eigenvalue weighted by atomic mass is 16.5. The molecule has 0 saturated carbocycles. The fraction of sp³-hybridized carbons (Fsp3) is 0.368. The zero-order valence-electron chi connectivity index (χ0n) is 14.0. The summed E-state index contributed by atoms with van der Waals surface area (Å²) in [5.41, 5.74) is 1.12. The average Bonchev–Trinajstić information content (AvgIpc) is 3.02. The van der Waals surface area contributed by atoms with E-state index in [2.05, 4.69) is 9.88 Å². The Morgan fingerprint density at radius 1 is 1.40 bits per heavy atom. The number of hydrogen-bond acceptors (Lipinski definition) is 5. The number of nitrogens with zero attached hydrogens (tertiary/aromatic N) is 2. The first-order valence-electron chi connectivity index (χ1n) is 8.28. The summed E-state index contributed by atoms with van der Waals surface area (Å²) in [4.78, 5) is 18.4. The molecule has 1 saturated heterocycles. The maximum atomic E-state index is 12.2. The lowest BCUT2D eigenvalue weighted by Crippen LogP contribution is -2.45. The summed E-state index contributed by atoms with van der Waals surface area (Å²) >= 11 is 0. The minimum Gasteiger partial charge on any atom is -0.493 e. The van der Waals surface area contributed by atoms with Crippen molar-refractivity contribution in [2.75, 3.05) is 26.8 Å². The molecule has 0 unspecified atom stereocenters. The predicted molar refractivity (Wildman–Crippen MR) is 90.8 cm³/mol. The topological polar surface area (TPSA) is 71.9 Å². The molecule has 0 radical (unpaired) electrons. The molecule has 1 fully saturated rings. The van der Waals surface area contributed by atoms with E-state index in [1.54, 1.807) is 19.5 Å². The minimum absolute atomic E-state index is 0.120. The maximum Gasteiger partial charge on any atom is 0.315 e. The Morgan fingerprint density at radius 3 is 2.92 bits per heavy atom. The Bertz CT molecular complexity index is 795. The third-order valence-corrected chi connectivity index (χ3v) is 5.27. The Kier molecular flexibility index (Phi) is 3.84. The third kappa shape index (κ3) is 2.53. The molecule has 0 spiro atoms. The second-order valence-corrected chi connectivity index (χ2v) is 6.71. The highest BCUT2D eigenvalue weighted by Crippen LogP contribution is 2.52. The van der Waals surface area contributed by atoms with E-state index in [0.717, 1.165) is 11.1 Å². The van der Waals surface area contributed by atoms with Crippen molar-refractivity contribution in [3.05, 3.63) is 53.9 Å². The minimum atomic E-state index is -0.924. The molecule has 6 nitrogen and oxygen atoms in total. The van der Waals surface area contributed by atoms with Crippen molar-refractivity contribution in [1.82, 2.24) is 9.88 Å². The van der Waals surface area contributed by atoms with Gasteiger partial charge < -0.3 is 14.6 Å². The molecule has 25 heavy (non-hydrogen) atoms. The van der Waals surface area contributed by atoms with Crippen LogP contribution in [0.1, 0.15) is 17.0 Å². The van der Waals surface area contributed by atoms with Crippen molar-refractivity contribution in [3.63, 3.8) is 0 Å². The Balaban J connectivity index is 1.69. The normalized spacial score (nSPS) is 24.9. The van der Waals surface area contributed by atoms with Crippen LogP contribution in [-0.4, -0.2) is 47.8 Å². The molecule has 0 aliphatic carbocycles. The number of aliphatic carboxylic acids is 1. The van der Waals surface area contributed by atoms with Gasteiger partial charge in [-0.1, -0.05) is 12.1 Å². The molecule has 2 aliphatic rings. The lowest BCUT2D eigenvalue weighted by atomic mass is 9.73. The van der Waals surface area contributed by atoms with E-state index in [1.165, 1.54) is 0 Å². The molecule has 2 aliphatic heterocycles. The van der Waals surface area contributed by atoms with Gasteiger partial charge in [0, 0.05) is 43.5 Å². The number of ether oxygens (including phenoxy) is 2. The number of benzene rings is 1. The molecular weight excluding hydrogens is 320 g/mol. The van der Waals surface area contributed by atoms with Crippen LogP contribution in [0.2, 0.25) is 0 Å². The van der Waals surface area contributed by atoms with Crippen LogP contribution in [0, 0.1) is 5.41 Å². The highest BCUT2D eigenvalue weighted by molar-refractivity contribution is 5.79. The number of pyridine rings is 1. The standard InChI is InChI=1S/C19H20N2O4/c1-24-16-4-2-3-14-15-10-21(9-13-5-7-20-8-6-13)11-19(15,18(22)23)12-25-17(14)16/h2-8,15H,9-12H2,1H3,(H,22,23)/t15-,19-/m0/s1. The van der Waals surface area contributed by atoms with Crippen LogP contribution >= 0.6 is 0 Å². The number of hydrogen-bond donors (Lipinski definition) is 1. The monoisotopic (exact) mass is 340 g/mol. The van der Waals surface area contributed by atoms with Gasteiger partial charge in [0.25, 0.3) is 0 Å². The van der Waals surface area contributed by atoms with E-state index in [4.69, 9.17) is 9.47 Å². The number of carboxylic acid groups (broad SMARTS) is 1. The van der Waals surface area contributed by atoms with Gasteiger partial charge in [-0.15, -0.1) is 0 Å². The first kappa shape index (κ1) is 15.9. The molecule has 0 bridgehead atoms. The van der Waals surface area contributed by atoms with E-state index in [-0.39, 0.29) is 12.5 Å². The van der Waals surface area contributed by atoms with Gasteiger partial charge in [0.15, 0.2) is 11.5 Å². The van der Waals surface area contributed by atoms with Crippen molar-refractivity contribution in [1.29, 1.82) is 0 Å². The van der Waals surface area contributed by atoms with Crippen LogP contribution in [0.15, 0.2) is 42.7 Å². The number of aromatic nitrogens is 1. The van der Waals surface area contributed by atoms with Crippen LogP contribution < -0.4 is 9.47 Å². The molecule has 1 aromatic carbocycles. The van der Waals surface area contributed by atoms with E-state index < -0.39 is 11.4 Å². The number of rotatable bonds is 4. The molecule has 2 atom stereocenters. The number of carbonyl (C=O) groups is 1. The average molecular weight is 340 g/mol. The highest BCUT2D eigenvalue weighted by Gasteiger charge is 2.56. The summed E-state index contributed by atoms with van der Waals surface area (Å²) in [5, 5.41) is 9.99. The molecule has 3 heterocycles. The lowest BCUT2D eigenvalue weighted by Gasteiger charge is -2.36. The van der Waals surface area contributed by atoms with E-state index in [9.17, 15) is 9.90 Å². The molecule has 4 rings (SSSR count). The summed E-state index contributed by atoms with van der Waals surface area (Å²) in [6, 6.07) is 9.61. The van der Waals surface area contributed by atoms with Gasteiger partial charge >= 0.3 is 5.97 Å². The molecule has 130 valence electrons. The van der Waals surface area contributed by atoms with Gasteiger partial charge in [0.1, 0.15) is 12.0 Å². The van der Waals surface area contributed by atoms with Gasteiger partial charge in [-0.25, -0.2) is 0 Å². The number of fused-ring (bicyclic) bond motifs is 3. The number of carboxylic acids is 1. The Labute approximate surface area is 146 Å². The molecule has 1 aromatic heterocycles. The molecule has 0 amide bonds. The van der Waals surface area contributed by atoms with Crippen LogP contribution in [0.3, 0.4) is 0 Å². The van der Waals surface area contributed by atoms with Gasteiger partial charge in [0.05, 0.1) is 7.11 Å². The van der Waals surface area contributed by atoms with Crippen molar-refractivity contribution < 1.29 is 19.4 Å². The fourth-order valence-electron chi connectivity index (χ4n) is 4.02. The van der Waals surface area contributed by atoms with Gasteiger partial charge in [-0.2, -0.15) is 0 Å². The van der Waals surface area contributed by atoms with Crippen LogP contribution in [0.25, 0.3) is 0 Å². The second-order valence-electron chi connectivity index (χ2n) is 6.71. The molecule has 6 heteroatoms. The lowest BCUT2D eigenvalue weighted by molar-refractivity contribution is -0.152. The van der Waals surface area contributed by atoms with E-state index in [1.807, 2.05) is 30.3 Å². The zero-order chi connectivity index (χ0) is 17.4. The smallest absolute Gasteiger partial charge is 0.315 e. The maximum absolute atomic E-state index is 12.2. The van der Waals surface area contributed by atoms with Crippen molar-refractivity contribution in [2.45, 2.75) is 12.5 Å². The van der Waals surface area contributed by atoms with Gasteiger partial charge in [0.2, 0.25) is 0 Å². The van der Waals surface area contributed by atoms with Crippen LogP contribution in [0.4, 0.5) is 0 Å². The summed E-state index contributed by atoms with van der Waals surface area (Å²) in [6.07, 6.45) is 3.52. The van der Waals surface area contributed by atoms with Crippen LogP contribution in [-0.2, 0) is 11.3 Å². The fourth-order valence-corrected chi connectivity index (χ4v) is 4.02. The number of methoxy groups -OCH3 is 1. The molecule has 1 N–H and O–H groups in total. The summed E-state index contributed by atoms with van der Waals surface area (Å²) in [7, 11) is 1.60. The van der Waals surface area contributed by atoms with E-state index >= 15 is 0 Å². The summed E-state index contributed by atoms with van der Waals surface area (Å²) in [5.74, 6) is 0.413. The van der Waals surface area contributed by atoms with Crippen LogP contribution in [0.5, 0.6) is 11.5 Å². The molecule has 2 aromatic rings. The van der Waals surface area contributed by atoms with Gasteiger partial charge in [-0.05, 0) is 23.8 Å². The van der Waals surface area contributed by atoms with Crippen molar-refractivity contribution in [3.8, 4) is 11.5 Å². The second kappa shape index (κ2) is 6.04. The first-order chi connectivity index (χ1) is 12.1. The summed E-state index contributed by atoms with van der Waals surface area (Å²) < 4.78 is 11.3. The SMILES string of the molecule is COc1cccc2c1OC[C@@]1(C(=O)O)CN(Cc3ccncc3)C[C@@H]21. The third-order valence-electron chi connectivity index (χ3n) is 5.27. The number of para-hydroxylation sites is 1. The van der Waals surface area contributed by atoms with Crippen molar-refractivity contribution in [2.24, 2.45) is 5.41 Å².